The Morgan fingerprint density at radius 1 is 1.03 bits per heavy atom. The zero-order valence-electron chi connectivity index (χ0n) is 17.9. The summed E-state index contributed by atoms with van der Waals surface area (Å²) in [6.45, 7) is 11.4. The summed E-state index contributed by atoms with van der Waals surface area (Å²) in [4.78, 5) is 43.7. The van der Waals surface area contributed by atoms with Crippen molar-refractivity contribution in [3.8, 4) is 0 Å². The molecule has 1 aromatic carbocycles. The van der Waals surface area contributed by atoms with Gasteiger partial charge in [0.1, 0.15) is 0 Å². The van der Waals surface area contributed by atoms with Crippen molar-refractivity contribution in [2.45, 2.75) is 40.5 Å². The molecule has 1 aliphatic carbocycles. The van der Waals surface area contributed by atoms with Crippen molar-refractivity contribution in [3.05, 3.63) is 29.8 Å². The molecule has 0 spiro atoms. The summed E-state index contributed by atoms with van der Waals surface area (Å²) >= 11 is 0. The number of benzene rings is 1. The Hall–Kier alpha value is -2.21. The number of hydrogen-bond acceptors (Lipinski definition) is 5. The van der Waals surface area contributed by atoms with Gasteiger partial charge < -0.3 is 4.90 Å². The second-order valence-electron chi connectivity index (χ2n) is 9.57. The van der Waals surface area contributed by atoms with E-state index in [1.165, 1.54) is 4.90 Å². The number of anilines is 1. The first-order chi connectivity index (χ1) is 13.6. The highest BCUT2D eigenvalue weighted by atomic mass is 16.2. The molecule has 4 rings (SSSR count). The standard InChI is InChI=1S/C23H31N3O3/c1-16(27)17-5-7-18(8-6-17)25-13-11-24(12-14-25)15-26-20(28)19-9-10-23(4,21(26)29)22(19,2)3/h5-8,19H,9-15H2,1-4H3/t19-,23-/m1/s1. The number of ketones is 1. The normalized spacial score (nSPS) is 29.4. The third-order valence-corrected chi connectivity index (χ3v) is 7.86. The van der Waals surface area contributed by atoms with Crippen LogP contribution in [0, 0.1) is 16.7 Å². The molecule has 0 N–H and O–H groups in total. The zero-order valence-corrected chi connectivity index (χ0v) is 17.9. The second kappa shape index (κ2) is 6.94. The molecule has 156 valence electrons. The molecule has 0 aromatic heterocycles. The summed E-state index contributed by atoms with van der Waals surface area (Å²) < 4.78 is 0. The third kappa shape index (κ3) is 3.08. The van der Waals surface area contributed by atoms with Crippen molar-refractivity contribution < 1.29 is 14.4 Å². The molecule has 0 unspecified atom stereocenters. The maximum absolute atomic E-state index is 13.2. The van der Waals surface area contributed by atoms with Gasteiger partial charge in [0.25, 0.3) is 0 Å². The largest absolute Gasteiger partial charge is 0.369 e. The third-order valence-electron chi connectivity index (χ3n) is 7.86. The molecular weight excluding hydrogens is 366 g/mol. The van der Waals surface area contributed by atoms with Crippen molar-refractivity contribution >= 4 is 23.3 Å². The van der Waals surface area contributed by atoms with E-state index in [9.17, 15) is 14.4 Å². The van der Waals surface area contributed by atoms with E-state index in [1.54, 1.807) is 6.92 Å². The van der Waals surface area contributed by atoms with Crippen LogP contribution in [0.4, 0.5) is 5.69 Å². The van der Waals surface area contributed by atoms with Crippen LogP contribution < -0.4 is 4.90 Å². The quantitative estimate of drug-likeness (QED) is 0.578. The smallest absolute Gasteiger partial charge is 0.236 e. The van der Waals surface area contributed by atoms with E-state index >= 15 is 0 Å². The fourth-order valence-electron chi connectivity index (χ4n) is 5.29. The van der Waals surface area contributed by atoms with Gasteiger partial charge in [0.2, 0.25) is 11.8 Å². The van der Waals surface area contributed by atoms with Gasteiger partial charge in [-0.15, -0.1) is 0 Å². The number of likely N-dealkylation sites (tertiary alicyclic amines) is 1. The molecule has 2 aliphatic heterocycles. The van der Waals surface area contributed by atoms with Gasteiger partial charge in [0.05, 0.1) is 12.1 Å². The van der Waals surface area contributed by atoms with Gasteiger partial charge in [-0.3, -0.25) is 24.2 Å². The highest BCUT2D eigenvalue weighted by Crippen LogP contribution is 2.60. The Bertz CT molecular complexity index is 839. The van der Waals surface area contributed by atoms with E-state index < -0.39 is 5.41 Å². The first-order valence-electron chi connectivity index (χ1n) is 10.6. The van der Waals surface area contributed by atoms with Crippen molar-refractivity contribution in [2.24, 2.45) is 16.7 Å². The van der Waals surface area contributed by atoms with E-state index in [2.05, 4.69) is 23.6 Å². The molecule has 1 saturated carbocycles. The predicted molar refractivity (Wildman–Crippen MR) is 112 cm³/mol. The van der Waals surface area contributed by atoms with Crippen LogP contribution in [0.2, 0.25) is 0 Å². The number of hydrogen-bond donors (Lipinski definition) is 0. The van der Waals surface area contributed by atoms with Crippen LogP contribution in [0.1, 0.15) is 50.9 Å². The fraction of sp³-hybridized carbons (Fsp3) is 0.609. The molecule has 2 bridgehead atoms. The number of carbonyl (C=O) groups is 3. The number of imide groups is 1. The molecule has 6 nitrogen and oxygen atoms in total. The number of rotatable bonds is 4. The lowest BCUT2D eigenvalue weighted by Crippen LogP contribution is -2.62. The summed E-state index contributed by atoms with van der Waals surface area (Å²) in [6.07, 6.45) is 1.62. The molecule has 3 fully saturated rings. The molecule has 29 heavy (non-hydrogen) atoms. The Morgan fingerprint density at radius 3 is 2.24 bits per heavy atom. The van der Waals surface area contributed by atoms with E-state index in [1.807, 2.05) is 31.2 Å². The van der Waals surface area contributed by atoms with Gasteiger partial charge in [0.15, 0.2) is 5.78 Å². The predicted octanol–water partition coefficient (Wildman–Crippen LogP) is 2.78. The molecule has 3 aliphatic rings. The van der Waals surface area contributed by atoms with Gasteiger partial charge in [-0.25, -0.2) is 0 Å². The van der Waals surface area contributed by atoms with Gasteiger partial charge in [-0.1, -0.05) is 20.8 Å². The van der Waals surface area contributed by atoms with E-state index in [4.69, 9.17) is 0 Å². The summed E-state index contributed by atoms with van der Waals surface area (Å²) in [7, 11) is 0. The zero-order chi connectivity index (χ0) is 21.0. The SMILES string of the molecule is CC(=O)c1ccc(N2CCN(CN3C(=O)[C@H]4CC[C@](C)(C3=O)C4(C)C)CC2)cc1. The second-order valence-corrected chi connectivity index (χ2v) is 9.57. The van der Waals surface area contributed by atoms with Crippen LogP contribution in [-0.2, 0) is 9.59 Å². The molecule has 2 heterocycles. The lowest BCUT2D eigenvalue weighted by atomic mass is 9.62. The minimum absolute atomic E-state index is 0.00324. The van der Waals surface area contributed by atoms with Crippen LogP contribution in [0.5, 0.6) is 0 Å². The minimum Gasteiger partial charge on any atom is -0.369 e. The molecule has 0 radical (unpaired) electrons. The number of fused-ring (bicyclic) bond motifs is 2. The van der Waals surface area contributed by atoms with Gasteiger partial charge in [-0.05, 0) is 49.4 Å². The van der Waals surface area contributed by atoms with Crippen LogP contribution in [0.15, 0.2) is 24.3 Å². The van der Waals surface area contributed by atoms with Crippen LogP contribution in [-0.4, -0.2) is 60.2 Å². The van der Waals surface area contributed by atoms with E-state index in [-0.39, 0.29) is 28.9 Å². The van der Waals surface area contributed by atoms with Crippen LogP contribution in [0.25, 0.3) is 0 Å². The van der Waals surface area contributed by atoms with Crippen molar-refractivity contribution in [2.75, 3.05) is 37.7 Å². The Morgan fingerprint density at radius 2 is 1.66 bits per heavy atom. The van der Waals surface area contributed by atoms with E-state index in [0.29, 0.717) is 6.67 Å². The molecule has 2 amide bonds. The lowest BCUT2D eigenvalue weighted by molar-refractivity contribution is -0.170. The van der Waals surface area contributed by atoms with E-state index in [0.717, 1.165) is 50.3 Å². The highest BCUT2D eigenvalue weighted by Gasteiger charge is 2.64. The molecular formula is C23H31N3O3. The van der Waals surface area contributed by atoms with Gasteiger partial charge in [0, 0.05) is 43.3 Å². The number of piperidine rings is 1. The first-order valence-corrected chi connectivity index (χ1v) is 10.6. The van der Waals surface area contributed by atoms with Crippen molar-refractivity contribution in [1.82, 2.24) is 9.80 Å². The summed E-state index contributed by atoms with van der Waals surface area (Å²) in [5.41, 5.74) is 1.13. The minimum atomic E-state index is -0.439. The number of carbonyl (C=O) groups excluding carboxylic acids is 3. The fourth-order valence-corrected chi connectivity index (χ4v) is 5.29. The molecule has 1 aromatic rings. The highest BCUT2D eigenvalue weighted by molar-refractivity contribution is 6.03. The molecule has 6 heteroatoms. The average Bonchev–Trinajstić information content (AvgIpc) is 2.89. The monoisotopic (exact) mass is 397 g/mol. The van der Waals surface area contributed by atoms with Crippen LogP contribution >= 0.6 is 0 Å². The van der Waals surface area contributed by atoms with Crippen LogP contribution in [0.3, 0.4) is 0 Å². The maximum Gasteiger partial charge on any atom is 0.236 e. The van der Waals surface area contributed by atoms with Gasteiger partial charge in [-0.2, -0.15) is 0 Å². The average molecular weight is 398 g/mol. The molecule has 2 saturated heterocycles. The Labute approximate surface area is 172 Å². The first kappa shape index (κ1) is 20.1. The lowest BCUT2D eigenvalue weighted by Gasteiger charge is -2.49. The van der Waals surface area contributed by atoms with Crippen molar-refractivity contribution in [3.63, 3.8) is 0 Å². The number of amides is 2. The van der Waals surface area contributed by atoms with Crippen molar-refractivity contribution in [1.29, 1.82) is 0 Å². The number of nitrogens with zero attached hydrogens (tertiary/aromatic N) is 3. The topological polar surface area (TPSA) is 60.9 Å². The number of piperazine rings is 1. The number of Topliss-reactive ketones (excluding diaryl/α,β-unsaturated/α-hetero) is 1. The summed E-state index contributed by atoms with van der Waals surface area (Å²) in [5, 5.41) is 0. The Kier molecular flexibility index (Phi) is 4.80. The summed E-state index contributed by atoms with van der Waals surface area (Å²) in [5.74, 6) is 0.0371. The molecule has 2 atom stereocenters. The van der Waals surface area contributed by atoms with Gasteiger partial charge >= 0.3 is 0 Å². The summed E-state index contributed by atoms with van der Waals surface area (Å²) in [6, 6.07) is 7.72. The maximum atomic E-state index is 13.2. The Balaban J connectivity index is 1.39.